The fourth-order valence-corrected chi connectivity index (χ4v) is 3.46. The van der Waals surface area contributed by atoms with E-state index in [2.05, 4.69) is 22.9 Å². The van der Waals surface area contributed by atoms with E-state index in [0.717, 1.165) is 38.7 Å². The maximum Gasteiger partial charge on any atom is 0.168 e. The minimum absolute atomic E-state index is 0.233. The van der Waals surface area contributed by atoms with Crippen molar-refractivity contribution in [3.63, 3.8) is 0 Å². The molecule has 3 aromatic rings. The van der Waals surface area contributed by atoms with Crippen LogP contribution in [0.5, 0.6) is 0 Å². The Kier molecular flexibility index (Phi) is 3.72. The van der Waals surface area contributed by atoms with Crippen LogP contribution in [0.4, 0.5) is 8.78 Å². The first-order chi connectivity index (χ1) is 11.7. The van der Waals surface area contributed by atoms with E-state index in [9.17, 15) is 8.78 Å². The lowest BCUT2D eigenvalue weighted by molar-refractivity contribution is 0.627. The van der Waals surface area contributed by atoms with Gasteiger partial charge in [-0.3, -0.25) is 0 Å². The fraction of sp³-hybridized carbons (Fsp3) is 0.0500. The summed E-state index contributed by atoms with van der Waals surface area (Å²) in [5, 5.41) is 0.749. The SMILES string of the molecule is Fc1ccc(C#Cc2nc3c(s2)C=C(c2ccc(F)cc2)C3)cc1. The quantitative estimate of drug-likeness (QED) is 0.575. The molecule has 1 nitrogen and oxygen atoms in total. The average Bonchev–Trinajstić information content (AvgIpc) is 3.13. The number of aromatic nitrogens is 1. The molecule has 0 unspecified atom stereocenters. The molecule has 0 radical (unpaired) electrons. The number of nitrogens with zero attached hydrogens (tertiary/aromatic N) is 1. The van der Waals surface area contributed by atoms with Crippen LogP contribution in [-0.2, 0) is 6.42 Å². The third-order valence-electron chi connectivity index (χ3n) is 3.76. The second-order valence-electron chi connectivity index (χ2n) is 5.44. The molecule has 0 amide bonds. The van der Waals surface area contributed by atoms with Crippen molar-refractivity contribution < 1.29 is 8.78 Å². The van der Waals surface area contributed by atoms with Gasteiger partial charge >= 0.3 is 0 Å². The van der Waals surface area contributed by atoms with E-state index < -0.39 is 0 Å². The molecule has 2 aromatic carbocycles. The summed E-state index contributed by atoms with van der Waals surface area (Å²) in [5.74, 6) is 5.52. The van der Waals surface area contributed by atoms with Crippen molar-refractivity contribution in [2.75, 3.05) is 0 Å². The molecule has 116 valence electrons. The summed E-state index contributed by atoms with van der Waals surface area (Å²) in [6, 6.07) is 12.6. The molecule has 1 aliphatic carbocycles. The Morgan fingerprint density at radius 3 is 2.21 bits per heavy atom. The zero-order chi connectivity index (χ0) is 16.5. The van der Waals surface area contributed by atoms with Gasteiger partial charge in [0.15, 0.2) is 5.01 Å². The number of rotatable bonds is 1. The highest BCUT2D eigenvalue weighted by molar-refractivity contribution is 7.13. The molecular formula is C20H11F2NS. The molecule has 24 heavy (non-hydrogen) atoms. The third kappa shape index (κ3) is 2.99. The number of fused-ring (bicyclic) bond motifs is 1. The standard InChI is InChI=1S/C20H11F2NS/c21-16-6-1-13(2-7-16)3-10-20-23-18-11-15(12-19(18)24-20)14-4-8-17(22)9-5-14/h1-2,4-9,12H,11H2. The molecule has 0 aliphatic heterocycles. The maximum absolute atomic E-state index is 13.0. The predicted molar refractivity (Wildman–Crippen MR) is 92.5 cm³/mol. The first kappa shape index (κ1) is 14.8. The summed E-state index contributed by atoms with van der Waals surface area (Å²) >= 11 is 1.54. The smallest absolute Gasteiger partial charge is 0.168 e. The van der Waals surface area contributed by atoms with Gasteiger partial charge in [0.25, 0.3) is 0 Å². The number of hydrogen-bond donors (Lipinski definition) is 0. The molecule has 0 saturated carbocycles. The van der Waals surface area contributed by atoms with Crippen molar-refractivity contribution in [2.24, 2.45) is 0 Å². The highest BCUT2D eigenvalue weighted by atomic mass is 32.1. The number of benzene rings is 2. The maximum atomic E-state index is 13.0. The molecular weight excluding hydrogens is 324 g/mol. The Balaban J connectivity index is 1.56. The Morgan fingerprint density at radius 1 is 0.875 bits per heavy atom. The normalized spacial score (nSPS) is 12.3. The van der Waals surface area contributed by atoms with E-state index in [1.54, 1.807) is 24.3 Å². The lowest BCUT2D eigenvalue weighted by Crippen LogP contribution is -1.87. The van der Waals surface area contributed by atoms with Gasteiger partial charge in [0, 0.05) is 12.0 Å². The molecule has 0 bridgehead atoms. The van der Waals surface area contributed by atoms with Crippen LogP contribution >= 0.6 is 11.3 Å². The van der Waals surface area contributed by atoms with Crippen LogP contribution in [0.25, 0.3) is 11.6 Å². The molecule has 0 atom stereocenters. The van der Waals surface area contributed by atoms with Gasteiger partial charge < -0.3 is 0 Å². The van der Waals surface area contributed by atoms with Crippen LogP contribution < -0.4 is 0 Å². The van der Waals surface area contributed by atoms with Gasteiger partial charge in [-0.15, -0.1) is 11.3 Å². The number of allylic oxidation sites excluding steroid dienone is 1. The summed E-state index contributed by atoms with van der Waals surface area (Å²) in [4.78, 5) is 5.66. The van der Waals surface area contributed by atoms with Gasteiger partial charge in [-0.2, -0.15) is 0 Å². The van der Waals surface area contributed by atoms with Crippen molar-refractivity contribution in [3.05, 3.63) is 86.9 Å². The van der Waals surface area contributed by atoms with Crippen molar-refractivity contribution in [2.45, 2.75) is 6.42 Å². The van der Waals surface area contributed by atoms with Gasteiger partial charge in [-0.05, 0) is 59.5 Å². The molecule has 4 rings (SSSR count). The minimum Gasteiger partial charge on any atom is -0.232 e. The van der Waals surface area contributed by atoms with Crippen LogP contribution in [0.1, 0.15) is 26.7 Å². The molecule has 1 aliphatic rings. The molecule has 0 spiro atoms. The van der Waals surface area contributed by atoms with E-state index in [-0.39, 0.29) is 11.6 Å². The molecule has 0 fully saturated rings. The van der Waals surface area contributed by atoms with Crippen LogP contribution in [0.2, 0.25) is 0 Å². The van der Waals surface area contributed by atoms with Crippen LogP contribution in [0, 0.1) is 23.5 Å². The van der Waals surface area contributed by atoms with Crippen LogP contribution in [-0.4, -0.2) is 4.98 Å². The largest absolute Gasteiger partial charge is 0.232 e. The highest BCUT2D eigenvalue weighted by Gasteiger charge is 2.18. The first-order valence-electron chi connectivity index (χ1n) is 7.41. The van der Waals surface area contributed by atoms with Gasteiger partial charge in [0.2, 0.25) is 0 Å². The Hall–Kier alpha value is -2.77. The number of hydrogen-bond acceptors (Lipinski definition) is 2. The Bertz CT molecular complexity index is 987. The summed E-state index contributed by atoms with van der Waals surface area (Å²) < 4.78 is 25.9. The zero-order valence-electron chi connectivity index (χ0n) is 12.5. The van der Waals surface area contributed by atoms with Crippen LogP contribution in [0.15, 0.2) is 48.5 Å². The van der Waals surface area contributed by atoms with Gasteiger partial charge in [-0.25, -0.2) is 13.8 Å². The Morgan fingerprint density at radius 2 is 1.54 bits per heavy atom. The monoisotopic (exact) mass is 335 g/mol. The van der Waals surface area contributed by atoms with Crippen molar-refractivity contribution in [1.29, 1.82) is 0 Å². The van der Waals surface area contributed by atoms with E-state index in [4.69, 9.17) is 0 Å². The molecule has 4 heteroatoms. The van der Waals surface area contributed by atoms with Gasteiger partial charge in [0.05, 0.1) is 10.6 Å². The summed E-state index contributed by atoms with van der Waals surface area (Å²) in [6.07, 6.45) is 2.82. The van der Waals surface area contributed by atoms with E-state index in [1.165, 1.54) is 35.6 Å². The minimum atomic E-state index is -0.271. The number of thiazole rings is 1. The lowest BCUT2D eigenvalue weighted by Gasteiger charge is -2.01. The average molecular weight is 335 g/mol. The first-order valence-corrected chi connectivity index (χ1v) is 8.23. The summed E-state index contributed by atoms with van der Waals surface area (Å²) in [7, 11) is 0. The molecule has 1 heterocycles. The topological polar surface area (TPSA) is 12.9 Å². The second kappa shape index (κ2) is 6.03. The molecule has 0 N–H and O–H groups in total. The van der Waals surface area contributed by atoms with Gasteiger partial charge in [0.1, 0.15) is 11.6 Å². The highest BCUT2D eigenvalue weighted by Crippen LogP contribution is 2.34. The van der Waals surface area contributed by atoms with Gasteiger partial charge in [-0.1, -0.05) is 18.1 Å². The predicted octanol–water partition coefficient (Wildman–Crippen LogP) is 4.92. The lowest BCUT2D eigenvalue weighted by atomic mass is 10.1. The third-order valence-corrected chi connectivity index (χ3v) is 4.72. The van der Waals surface area contributed by atoms with Crippen LogP contribution in [0.3, 0.4) is 0 Å². The molecule has 0 saturated heterocycles. The van der Waals surface area contributed by atoms with E-state index >= 15 is 0 Å². The van der Waals surface area contributed by atoms with E-state index in [0.29, 0.717) is 0 Å². The summed E-state index contributed by atoms with van der Waals surface area (Å²) in [6.45, 7) is 0. The fourth-order valence-electron chi connectivity index (χ4n) is 2.55. The van der Waals surface area contributed by atoms with Crippen molar-refractivity contribution in [1.82, 2.24) is 4.98 Å². The second-order valence-corrected chi connectivity index (χ2v) is 6.47. The van der Waals surface area contributed by atoms with E-state index in [1.807, 2.05) is 0 Å². The zero-order valence-corrected chi connectivity index (χ0v) is 13.3. The summed E-state index contributed by atoms with van der Waals surface area (Å²) in [5.41, 5.74) is 3.92. The molecule has 1 aromatic heterocycles. The van der Waals surface area contributed by atoms with Crippen molar-refractivity contribution in [3.8, 4) is 11.8 Å². The van der Waals surface area contributed by atoms with Crippen molar-refractivity contribution >= 4 is 23.0 Å². The number of halogens is 2. The Labute approximate surface area is 142 Å².